The smallest absolute Gasteiger partial charge is 0.324 e. The van der Waals surface area contributed by atoms with Crippen LogP contribution in [0.25, 0.3) is 0 Å². The monoisotopic (exact) mass is 363 g/mol. The molecule has 8 heteroatoms. The van der Waals surface area contributed by atoms with Crippen LogP contribution in [0.15, 0.2) is 24.3 Å². The highest BCUT2D eigenvalue weighted by atomic mass is 35.5. The Kier molecular flexibility index (Phi) is 4.55. The molecule has 0 unspecified atom stereocenters. The molecule has 0 spiro atoms. The van der Waals surface area contributed by atoms with Crippen LogP contribution in [0.5, 0.6) is 0 Å². The summed E-state index contributed by atoms with van der Waals surface area (Å²) < 4.78 is 0. The van der Waals surface area contributed by atoms with E-state index in [0.29, 0.717) is 34.1 Å². The zero-order valence-corrected chi connectivity index (χ0v) is 14.1. The minimum absolute atomic E-state index is 0.122. The summed E-state index contributed by atoms with van der Waals surface area (Å²) in [5.41, 5.74) is 7.09. The molecule has 1 aromatic carbocycles. The first-order valence-corrected chi connectivity index (χ1v) is 8.43. The summed E-state index contributed by atoms with van der Waals surface area (Å²) in [6.45, 7) is 0. The molecule has 1 heterocycles. The number of carbonyl (C=O) groups is 3. The number of Topliss-reactive ketones (excluding diaryl/α,β-unsaturated/α-hetero) is 1. The maximum Gasteiger partial charge on any atom is 0.324 e. The van der Waals surface area contributed by atoms with Gasteiger partial charge in [0.05, 0.1) is 5.56 Å². The van der Waals surface area contributed by atoms with Gasteiger partial charge >= 0.3 is 6.03 Å². The Balaban J connectivity index is 1.81. The quantitative estimate of drug-likeness (QED) is 0.780. The summed E-state index contributed by atoms with van der Waals surface area (Å²) in [5, 5.41) is 6.23. The van der Waals surface area contributed by atoms with Crippen molar-refractivity contribution in [2.45, 2.75) is 19.3 Å². The van der Waals surface area contributed by atoms with Crippen molar-refractivity contribution in [3.05, 3.63) is 45.3 Å². The number of ketones is 1. The van der Waals surface area contributed by atoms with Crippen molar-refractivity contribution in [3.63, 3.8) is 0 Å². The normalized spacial score (nSPS) is 13.3. The maximum absolute atomic E-state index is 12.2. The van der Waals surface area contributed by atoms with Crippen LogP contribution >= 0.6 is 22.9 Å². The highest BCUT2D eigenvalue weighted by Crippen LogP contribution is 2.37. The Bertz CT molecular complexity index is 830. The minimum atomic E-state index is -0.608. The Morgan fingerprint density at radius 1 is 1.12 bits per heavy atom. The molecule has 3 rings (SSSR count). The molecule has 0 saturated carbocycles. The zero-order chi connectivity index (χ0) is 17.3. The second-order valence-electron chi connectivity index (χ2n) is 5.37. The Labute approximate surface area is 147 Å². The molecule has 2 aromatic rings. The number of rotatable bonds is 3. The fourth-order valence-corrected chi connectivity index (χ4v) is 4.00. The summed E-state index contributed by atoms with van der Waals surface area (Å²) in [6.07, 6.45) is 1.14. The molecule has 0 atom stereocenters. The molecule has 0 fully saturated rings. The van der Waals surface area contributed by atoms with Crippen molar-refractivity contribution < 1.29 is 14.4 Å². The lowest BCUT2D eigenvalue weighted by Gasteiger charge is -2.10. The molecule has 24 heavy (non-hydrogen) atoms. The molecule has 1 aromatic heterocycles. The topological polar surface area (TPSA) is 101 Å². The van der Waals surface area contributed by atoms with E-state index in [9.17, 15) is 14.4 Å². The van der Waals surface area contributed by atoms with Gasteiger partial charge in [-0.15, -0.1) is 11.3 Å². The molecule has 1 aliphatic rings. The average Bonchev–Trinajstić information content (AvgIpc) is 2.86. The summed E-state index contributed by atoms with van der Waals surface area (Å²) in [6, 6.07) is 6.14. The highest BCUT2D eigenvalue weighted by Gasteiger charge is 2.27. The van der Waals surface area contributed by atoms with Crippen LogP contribution in [0.3, 0.4) is 0 Å². The molecule has 0 saturated heterocycles. The predicted molar refractivity (Wildman–Crippen MR) is 94.0 cm³/mol. The summed E-state index contributed by atoms with van der Waals surface area (Å²) in [4.78, 5) is 36.3. The van der Waals surface area contributed by atoms with Crippen molar-refractivity contribution >= 4 is 51.3 Å². The molecule has 0 radical (unpaired) electrons. The van der Waals surface area contributed by atoms with Crippen LogP contribution < -0.4 is 16.4 Å². The number of halogens is 1. The molecule has 0 aliphatic heterocycles. The van der Waals surface area contributed by atoms with Gasteiger partial charge in [0.2, 0.25) is 0 Å². The van der Waals surface area contributed by atoms with Crippen LogP contribution in [0.1, 0.15) is 27.2 Å². The van der Waals surface area contributed by atoms with E-state index in [0.717, 1.165) is 10.4 Å². The van der Waals surface area contributed by atoms with Crippen molar-refractivity contribution in [1.82, 2.24) is 0 Å². The molecule has 3 amide bonds. The first kappa shape index (κ1) is 16.5. The Morgan fingerprint density at radius 2 is 1.83 bits per heavy atom. The van der Waals surface area contributed by atoms with Gasteiger partial charge in [-0.1, -0.05) is 11.6 Å². The van der Waals surface area contributed by atoms with Crippen LogP contribution in [0.2, 0.25) is 5.02 Å². The minimum Gasteiger partial charge on any atom is -0.365 e. The molecular weight excluding hydrogens is 350 g/mol. The number of hydrogen-bond acceptors (Lipinski definition) is 4. The first-order valence-electron chi connectivity index (χ1n) is 7.23. The fraction of sp³-hybridized carbons (Fsp3) is 0.188. The van der Waals surface area contributed by atoms with E-state index < -0.39 is 11.9 Å². The fourth-order valence-electron chi connectivity index (χ4n) is 2.60. The molecule has 1 aliphatic carbocycles. The maximum atomic E-state index is 12.2. The Hall–Kier alpha value is -2.38. The highest BCUT2D eigenvalue weighted by molar-refractivity contribution is 7.17. The van der Waals surface area contributed by atoms with Gasteiger partial charge in [0, 0.05) is 28.4 Å². The van der Waals surface area contributed by atoms with E-state index in [-0.39, 0.29) is 12.2 Å². The molecular formula is C16H14ClN3O3S. The molecule has 4 N–H and O–H groups in total. The number of nitrogens with one attached hydrogen (secondary N) is 2. The standard InChI is InChI=1S/C16H14ClN3O3S/c17-8-1-3-9(4-2-8)19-16(23)20-15-13(14(18)22)11-6-5-10(21)7-12(11)24-15/h1-4H,5-7H2,(H2,18,22)(H2,19,20,23). The van der Waals surface area contributed by atoms with Gasteiger partial charge in [-0.2, -0.15) is 0 Å². The molecule has 0 bridgehead atoms. The van der Waals surface area contributed by atoms with Gasteiger partial charge in [-0.25, -0.2) is 4.79 Å². The van der Waals surface area contributed by atoms with Gasteiger partial charge in [0.15, 0.2) is 0 Å². The van der Waals surface area contributed by atoms with Crippen molar-refractivity contribution in [2.75, 3.05) is 10.6 Å². The second-order valence-corrected chi connectivity index (χ2v) is 6.92. The number of amides is 3. The third-order valence-corrected chi connectivity index (χ3v) is 5.08. The van der Waals surface area contributed by atoms with Gasteiger partial charge in [-0.05, 0) is 36.2 Å². The number of fused-ring (bicyclic) bond motifs is 1. The number of hydrogen-bond donors (Lipinski definition) is 3. The zero-order valence-electron chi connectivity index (χ0n) is 12.5. The van der Waals surface area contributed by atoms with E-state index in [1.807, 2.05) is 0 Å². The molecule has 6 nitrogen and oxygen atoms in total. The van der Waals surface area contributed by atoms with Crippen molar-refractivity contribution in [3.8, 4) is 0 Å². The van der Waals surface area contributed by atoms with Crippen LogP contribution in [-0.2, 0) is 17.6 Å². The number of carbonyl (C=O) groups excluding carboxylic acids is 3. The molecule has 124 valence electrons. The van der Waals surface area contributed by atoms with Gasteiger partial charge in [0.1, 0.15) is 10.8 Å². The van der Waals surface area contributed by atoms with E-state index >= 15 is 0 Å². The van der Waals surface area contributed by atoms with E-state index in [1.54, 1.807) is 24.3 Å². The van der Waals surface area contributed by atoms with Crippen LogP contribution in [0, 0.1) is 0 Å². The predicted octanol–water partition coefficient (Wildman–Crippen LogP) is 3.20. The summed E-state index contributed by atoms with van der Waals surface area (Å²) in [7, 11) is 0. The van der Waals surface area contributed by atoms with Crippen LogP contribution in [-0.4, -0.2) is 17.7 Å². The van der Waals surface area contributed by atoms with E-state index in [2.05, 4.69) is 10.6 Å². The number of primary amides is 1. The van der Waals surface area contributed by atoms with Crippen molar-refractivity contribution in [2.24, 2.45) is 5.73 Å². The average molecular weight is 364 g/mol. The first-order chi connectivity index (χ1) is 11.4. The van der Waals surface area contributed by atoms with Crippen LogP contribution in [0.4, 0.5) is 15.5 Å². The SMILES string of the molecule is NC(=O)c1c(NC(=O)Nc2ccc(Cl)cc2)sc2c1CCC(=O)C2. The number of urea groups is 1. The second kappa shape index (κ2) is 6.62. The Morgan fingerprint density at radius 3 is 2.50 bits per heavy atom. The number of anilines is 2. The van der Waals surface area contributed by atoms with Crippen molar-refractivity contribution in [1.29, 1.82) is 0 Å². The van der Waals surface area contributed by atoms with E-state index in [1.165, 1.54) is 11.3 Å². The number of nitrogens with two attached hydrogens (primary N) is 1. The number of benzene rings is 1. The third kappa shape index (κ3) is 3.42. The van der Waals surface area contributed by atoms with Gasteiger partial charge < -0.3 is 11.1 Å². The lowest BCUT2D eigenvalue weighted by molar-refractivity contribution is -0.118. The lowest BCUT2D eigenvalue weighted by atomic mass is 9.94. The van der Waals surface area contributed by atoms with Gasteiger partial charge in [-0.3, -0.25) is 14.9 Å². The van der Waals surface area contributed by atoms with E-state index in [4.69, 9.17) is 17.3 Å². The summed E-state index contributed by atoms with van der Waals surface area (Å²) >= 11 is 7.02. The number of thiophene rings is 1. The third-order valence-electron chi connectivity index (χ3n) is 3.68. The lowest BCUT2D eigenvalue weighted by Crippen LogP contribution is -2.22. The van der Waals surface area contributed by atoms with Gasteiger partial charge in [0.25, 0.3) is 5.91 Å². The summed E-state index contributed by atoms with van der Waals surface area (Å²) in [5.74, 6) is -0.486. The largest absolute Gasteiger partial charge is 0.365 e.